The lowest BCUT2D eigenvalue weighted by atomic mass is 9.97. The van der Waals surface area contributed by atoms with Gasteiger partial charge in [0.25, 0.3) is 11.8 Å². The summed E-state index contributed by atoms with van der Waals surface area (Å²) in [5.41, 5.74) is 3.08. The Kier molecular flexibility index (Phi) is 9.63. The van der Waals surface area contributed by atoms with E-state index in [1.807, 2.05) is 91.0 Å². The lowest BCUT2D eigenvalue weighted by Crippen LogP contribution is -2.71. The first-order valence-corrected chi connectivity index (χ1v) is 17.9. The molecule has 1 saturated heterocycles. The molecule has 12 nitrogen and oxygen atoms in total. The van der Waals surface area contributed by atoms with E-state index in [1.165, 1.54) is 39.8 Å². The van der Waals surface area contributed by atoms with Crippen molar-refractivity contribution < 1.29 is 19.1 Å². The molecule has 7 rings (SSSR count). The normalized spacial score (nSPS) is 18.3. The summed E-state index contributed by atoms with van der Waals surface area (Å²) in [4.78, 5) is 55.3. The zero-order chi connectivity index (χ0) is 33.7. The second-order valence-electron chi connectivity index (χ2n) is 11.0. The van der Waals surface area contributed by atoms with E-state index in [2.05, 4.69) is 31.1 Å². The van der Waals surface area contributed by atoms with Gasteiger partial charge in [0.2, 0.25) is 11.2 Å². The van der Waals surface area contributed by atoms with Gasteiger partial charge in [-0.3, -0.25) is 14.5 Å². The van der Waals surface area contributed by atoms with Crippen LogP contribution in [-0.4, -0.2) is 60.5 Å². The van der Waals surface area contributed by atoms with Gasteiger partial charge in [0.15, 0.2) is 6.10 Å². The van der Waals surface area contributed by atoms with E-state index in [0.717, 1.165) is 16.7 Å². The molecule has 1 fully saturated rings. The highest BCUT2D eigenvalue weighted by Gasteiger charge is 2.56. The number of aromatic nitrogens is 4. The molecule has 2 aliphatic heterocycles. The van der Waals surface area contributed by atoms with Crippen LogP contribution in [0.1, 0.15) is 39.0 Å². The summed E-state index contributed by atoms with van der Waals surface area (Å²) in [7, 11) is 0. The van der Waals surface area contributed by atoms with Crippen LogP contribution in [0.2, 0.25) is 0 Å². The number of amides is 2. The number of nitrogens with zero attached hydrogens (tertiary/aromatic N) is 5. The molecular formula is C34H27N7O5S3. The number of nitroso groups, excluding NO2 is 1. The quantitative estimate of drug-likeness (QED) is 0.0724. The van der Waals surface area contributed by atoms with Crippen molar-refractivity contribution in [1.29, 1.82) is 0 Å². The number of β-lactam (4-membered cyclic amide) rings is 1. The molecule has 0 spiro atoms. The number of esters is 1. The van der Waals surface area contributed by atoms with Crippen molar-refractivity contribution in [2.75, 3.05) is 5.75 Å². The van der Waals surface area contributed by atoms with Crippen molar-refractivity contribution in [1.82, 2.24) is 30.8 Å². The van der Waals surface area contributed by atoms with Crippen LogP contribution in [0.3, 0.4) is 0 Å². The lowest BCUT2D eigenvalue weighted by Gasteiger charge is -2.50. The molecule has 2 amide bonds. The maximum absolute atomic E-state index is 14.6. The number of ether oxygens (including phenoxy) is 1. The number of thioether (sulfide) groups is 2. The van der Waals surface area contributed by atoms with E-state index < -0.39 is 46.6 Å². The SMILES string of the molecule is O=NC(C(=O)N[C@@H]1C(=O)N2C(C(=O)OC(c3ccccc3)c3ccccc3)=C(C(Sc3nn[nH]n3)c3ccccc3)CS[C@@H]12)c1cccs1. The number of H-pyrrole nitrogens is 1. The van der Waals surface area contributed by atoms with Crippen molar-refractivity contribution in [2.45, 2.75) is 34.0 Å². The highest BCUT2D eigenvalue weighted by Crippen LogP contribution is 2.49. The molecule has 5 aromatic rings. The topological polar surface area (TPSA) is 160 Å². The third-order valence-electron chi connectivity index (χ3n) is 8.05. The standard InChI is InChI=1S/C34H27N7O5S3/c42-30(25(38-45)24-17-10-18-47-24)35-26-31(43)41-27(33(44)46-28(20-11-4-1-5-12-20)21-13-6-2-7-14-21)23(19-48-32(26)41)29(22-15-8-3-9-16-22)49-34-36-39-40-37-34/h1-18,25-26,28-29,32H,19H2,(H,35,42)(H,36,37,39,40)/t25?,26-,29?,32+/m1/s1. The maximum Gasteiger partial charge on any atom is 0.356 e. The van der Waals surface area contributed by atoms with Gasteiger partial charge < -0.3 is 10.1 Å². The molecule has 0 bridgehead atoms. The number of tetrazole rings is 1. The van der Waals surface area contributed by atoms with E-state index in [4.69, 9.17) is 4.74 Å². The summed E-state index contributed by atoms with van der Waals surface area (Å²) >= 11 is 3.91. The van der Waals surface area contributed by atoms with Crippen molar-refractivity contribution >= 4 is 52.6 Å². The molecule has 4 atom stereocenters. The first kappa shape index (κ1) is 32.4. The van der Waals surface area contributed by atoms with Gasteiger partial charge in [-0.1, -0.05) is 114 Å². The molecule has 246 valence electrons. The summed E-state index contributed by atoms with van der Waals surface area (Å²) in [6.45, 7) is 0. The fourth-order valence-corrected chi connectivity index (χ4v) is 9.03. The third kappa shape index (κ3) is 6.64. The molecule has 0 aliphatic carbocycles. The van der Waals surface area contributed by atoms with Gasteiger partial charge in [-0.05, 0) is 38.9 Å². The van der Waals surface area contributed by atoms with Crippen LogP contribution in [0.15, 0.2) is 130 Å². The van der Waals surface area contributed by atoms with Crippen LogP contribution in [0.25, 0.3) is 0 Å². The van der Waals surface area contributed by atoms with Crippen LogP contribution in [0.4, 0.5) is 0 Å². The predicted octanol–water partition coefficient (Wildman–Crippen LogP) is 5.59. The zero-order valence-corrected chi connectivity index (χ0v) is 27.9. The predicted molar refractivity (Wildman–Crippen MR) is 185 cm³/mol. The number of fused-ring (bicyclic) bond motifs is 1. The Balaban J connectivity index is 1.27. The largest absolute Gasteiger partial charge is 0.448 e. The van der Waals surface area contributed by atoms with Crippen molar-refractivity contribution in [3.05, 3.63) is 146 Å². The maximum atomic E-state index is 14.6. The van der Waals surface area contributed by atoms with Crippen LogP contribution in [-0.2, 0) is 19.1 Å². The van der Waals surface area contributed by atoms with Crippen molar-refractivity contribution in [3.63, 3.8) is 0 Å². The number of benzene rings is 3. The summed E-state index contributed by atoms with van der Waals surface area (Å²) in [6, 6.07) is 29.4. The van der Waals surface area contributed by atoms with Crippen molar-refractivity contribution in [2.24, 2.45) is 5.18 Å². The van der Waals surface area contributed by atoms with E-state index in [9.17, 15) is 19.3 Å². The van der Waals surface area contributed by atoms with Gasteiger partial charge in [-0.15, -0.1) is 38.2 Å². The van der Waals surface area contributed by atoms with Crippen LogP contribution in [0, 0.1) is 4.91 Å². The van der Waals surface area contributed by atoms with E-state index in [0.29, 0.717) is 21.4 Å². The van der Waals surface area contributed by atoms with E-state index in [-0.39, 0.29) is 5.70 Å². The van der Waals surface area contributed by atoms with Gasteiger partial charge in [0, 0.05) is 10.6 Å². The Hall–Kier alpha value is -5.12. The van der Waals surface area contributed by atoms with Crippen LogP contribution < -0.4 is 5.32 Å². The van der Waals surface area contributed by atoms with Crippen LogP contribution >= 0.6 is 34.9 Å². The second-order valence-corrected chi connectivity index (χ2v) is 14.2. The summed E-state index contributed by atoms with van der Waals surface area (Å²) in [5.74, 6) is -1.56. The molecule has 2 unspecified atom stereocenters. The van der Waals surface area contributed by atoms with Gasteiger partial charge >= 0.3 is 5.97 Å². The number of hydrogen-bond donors (Lipinski definition) is 2. The monoisotopic (exact) mass is 709 g/mol. The molecule has 0 radical (unpaired) electrons. The number of aromatic amines is 1. The smallest absolute Gasteiger partial charge is 0.356 e. The Morgan fingerprint density at radius 3 is 2.16 bits per heavy atom. The zero-order valence-electron chi connectivity index (χ0n) is 25.5. The van der Waals surface area contributed by atoms with Crippen LogP contribution in [0.5, 0.6) is 0 Å². The van der Waals surface area contributed by atoms with E-state index in [1.54, 1.807) is 17.5 Å². The van der Waals surface area contributed by atoms with E-state index >= 15 is 0 Å². The molecule has 2 N–H and O–H groups in total. The molecule has 0 saturated carbocycles. The summed E-state index contributed by atoms with van der Waals surface area (Å²) in [6.07, 6.45) is -0.770. The summed E-state index contributed by atoms with van der Waals surface area (Å²) < 4.78 is 6.33. The Morgan fingerprint density at radius 1 is 0.939 bits per heavy atom. The highest BCUT2D eigenvalue weighted by molar-refractivity contribution is 8.01. The Labute approximate surface area is 292 Å². The average Bonchev–Trinajstić information content (AvgIpc) is 3.88. The fraction of sp³-hybridized carbons (Fsp3) is 0.176. The van der Waals surface area contributed by atoms with Gasteiger partial charge in [0.1, 0.15) is 17.1 Å². The first-order valence-electron chi connectivity index (χ1n) is 15.1. The van der Waals surface area contributed by atoms with Gasteiger partial charge in [0.05, 0.1) is 5.25 Å². The number of carbonyl (C=O) groups is 3. The molecule has 4 heterocycles. The van der Waals surface area contributed by atoms with Gasteiger partial charge in [-0.25, -0.2) is 4.79 Å². The molecule has 15 heteroatoms. The molecule has 3 aromatic carbocycles. The minimum Gasteiger partial charge on any atom is -0.448 e. The van der Waals surface area contributed by atoms with Crippen molar-refractivity contribution in [3.8, 4) is 0 Å². The third-order valence-corrected chi connectivity index (χ3v) is 11.5. The number of nitrogens with one attached hydrogen (secondary N) is 2. The molecular weight excluding hydrogens is 683 g/mol. The fourth-order valence-electron chi connectivity index (χ4n) is 5.76. The molecule has 49 heavy (non-hydrogen) atoms. The van der Waals surface area contributed by atoms with Gasteiger partial charge in [-0.2, -0.15) is 5.21 Å². The summed E-state index contributed by atoms with van der Waals surface area (Å²) in [5, 5.41) is 21.2. The number of carbonyl (C=O) groups excluding carboxylic acids is 3. The number of hydrogen-bond acceptors (Lipinski definition) is 12. The number of thiophene rings is 1. The number of rotatable bonds is 12. The molecule has 2 aliphatic rings. The average molecular weight is 710 g/mol. The Morgan fingerprint density at radius 2 is 1.59 bits per heavy atom. The first-order chi connectivity index (χ1) is 24.0. The minimum absolute atomic E-state index is 0.0873. The Bertz CT molecular complexity index is 1920. The minimum atomic E-state index is -1.29. The highest BCUT2D eigenvalue weighted by atomic mass is 32.2. The lowest BCUT2D eigenvalue weighted by molar-refractivity contribution is -0.154. The second kappa shape index (κ2) is 14.6. The molecule has 2 aromatic heterocycles.